The summed E-state index contributed by atoms with van der Waals surface area (Å²) >= 11 is 13.4. The molecule has 0 fully saturated rings. The first-order valence-electron chi connectivity index (χ1n) is 5.32. The molecule has 0 aliphatic heterocycles. The quantitative estimate of drug-likeness (QED) is 0.628. The molecule has 0 spiro atoms. The number of benzene rings is 1. The van der Waals surface area contributed by atoms with Crippen molar-refractivity contribution in [3.05, 3.63) is 32.3 Å². The number of halogens is 2. The normalized spacial score (nSPS) is 12.2. The molecule has 0 aliphatic carbocycles. The van der Waals surface area contributed by atoms with E-state index in [0.717, 1.165) is 5.75 Å². The summed E-state index contributed by atoms with van der Waals surface area (Å²) < 4.78 is 0. The zero-order valence-electron chi connectivity index (χ0n) is 10.1. The van der Waals surface area contributed by atoms with Gasteiger partial charge in [0.15, 0.2) is 0 Å². The second-order valence-electron chi connectivity index (χ2n) is 3.98. The summed E-state index contributed by atoms with van der Waals surface area (Å²) in [7, 11) is 0. The van der Waals surface area contributed by atoms with Crippen molar-refractivity contribution in [2.75, 3.05) is 23.9 Å². The van der Waals surface area contributed by atoms with Crippen LogP contribution in [0.1, 0.15) is 6.92 Å². The van der Waals surface area contributed by atoms with Gasteiger partial charge in [0.1, 0.15) is 5.69 Å². The summed E-state index contributed by atoms with van der Waals surface area (Å²) in [5, 5.41) is 14.5. The maximum atomic E-state index is 10.9. The SMILES string of the molecule is CSCC(C)CNc1cc(Cl)c(Cl)cc1[N+](=O)[O-]. The standard InChI is InChI=1S/C11H14Cl2N2O2S/c1-7(6-18-2)5-14-10-3-8(12)9(13)4-11(10)15(16)17/h3-4,7,14H,5-6H2,1-2H3. The Hall–Kier alpha value is -0.650. The molecule has 4 nitrogen and oxygen atoms in total. The molecule has 0 amide bonds. The van der Waals surface area contributed by atoms with Gasteiger partial charge in [-0.15, -0.1) is 0 Å². The predicted molar refractivity (Wildman–Crippen MR) is 79.2 cm³/mol. The van der Waals surface area contributed by atoms with Crippen molar-refractivity contribution < 1.29 is 4.92 Å². The minimum Gasteiger partial charge on any atom is -0.379 e. The molecule has 0 saturated heterocycles. The number of rotatable bonds is 6. The molecule has 100 valence electrons. The average molecular weight is 309 g/mol. The van der Waals surface area contributed by atoms with Gasteiger partial charge in [-0.1, -0.05) is 30.1 Å². The third-order valence-electron chi connectivity index (χ3n) is 2.33. The van der Waals surface area contributed by atoms with E-state index in [1.807, 2.05) is 6.26 Å². The van der Waals surface area contributed by atoms with E-state index < -0.39 is 4.92 Å². The first-order chi connectivity index (χ1) is 8.45. The van der Waals surface area contributed by atoms with Gasteiger partial charge in [0.2, 0.25) is 0 Å². The van der Waals surface area contributed by atoms with Crippen LogP contribution in [0.5, 0.6) is 0 Å². The van der Waals surface area contributed by atoms with Gasteiger partial charge in [0, 0.05) is 12.6 Å². The molecule has 0 radical (unpaired) electrons. The van der Waals surface area contributed by atoms with Crippen LogP contribution in [0.4, 0.5) is 11.4 Å². The number of hydrogen-bond donors (Lipinski definition) is 1. The van der Waals surface area contributed by atoms with E-state index in [0.29, 0.717) is 23.2 Å². The Kier molecular flexibility index (Phi) is 6.05. The van der Waals surface area contributed by atoms with Crippen molar-refractivity contribution in [2.45, 2.75) is 6.92 Å². The Bertz CT molecular complexity index is 443. The summed E-state index contributed by atoms with van der Waals surface area (Å²) in [6.45, 7) is 2.73. The summed E-state index contributed by atoms with van der Waals surface area (Å²) in [6, 6.07) is 2.76. The van der Waals surface area contributed by atoms with Crippen molar-refractivity contribution in [3.8, 4) is 0 Å². The minimum absolute atomic E-state index is 0.0549. The first kappa shape index (κ1) is 15.4. The van der Waals surface area contributed by atoms with Crippen LogP contribution in [0.25, 0.3) is 0 Å². The van der Waals surface area contributed by atoms with Crippen molar-refractivity contribution in [1.29, 1.82) is 0 Å². The molecule has 1 unspecified atom stereocenters. The fraction of sp³-hybridized carbons (Fsp3) is 0.455. The van der Waals surface area contributed by atoms with Crippen LogP contribution >= 0.6 is 35.0 Å². The third kappa shape index (κ3) is 4.23. The molecule has 0 bridgehead atoms. The Balaban J connectivity index is 2.86. The Morgan fingerprint density at radius 1 is 1.44 bits per heavy atom. The van der Waals surface area contributed by atoms with Crippen LogP contribution < -0.4 is 5.32 Å². The summed E-state index contributed by atoms with van der Waals surface area (Å²) in [5.41, 5.74) is 0.350. The van der Waals surface area contributed by atoms with Crippen LogP contribution in [0.2, 0.25) is 10.0 Å². The van der Waals surface area contributed by atoms with Crippen molar-refractivity contribution in [2.24, 2.45) is 5.92 Å². The fourth-order valence-electron chi connectivity index (χ4n) is 1.46. The van der Waals surface area contributed by atoms with Gasteiger partial charge in [0.25, 0.3) is 5.69 Å². The second kappa shape index (κ2) is 7.07. The smallest absolute Gasteiger partial charge is 0.293 e. The molecule has 18 heavy (non-hydrogen) atoms. The Morgan fingerprint density at radius 3 is 2.61 bits per heavy atom. The van der Waals surface area contributed by atoms with Gasteiger partial charge in [0.05, 0.1) is 15.0 Å². The Labute approximate surface area is 120 Å². The molecule has 1 aromatic carbocycles. The van der Waals surface area contributed by atoms with E-state index in [9.17, 15) is 10.1 Å². The fourth-order valence-corrected chi connectivity index (χ4v) is 2.47. The topological polar surface area (TPSA) is 55.2 Å². The van der Waals surface area contributed by atoms with Crippen LogP contribution in [-0.2, 0) is 0 Å². The number of hydrogen-bond acceptors (Lipinski definition) is 4. The summed E-state index contributed by atoms with van der Waals surface area (Å²) in [5.74, 6) is 1.40. The molecule has 0 aliphatic rings. The largest absolute Gasteiger partial charge is 0.379 e. The van der Waals surface area contributed by atoms with E-state index >= 15 is 0 Å². The molecule has 0 aromatic heterocycles. The lowest BCUT2D eigenvalue weighted by atomic mass is 10.2. The van der Waals surface area contributed by atoms with Crippen LogP contribution in [0.3, 0.4) is 0 Å². The molecule has 0 heterocycles. The molecular weight excluding hydrogens is 295 g/mol. The number of nitro groups is 1. The lowest BCUT2D eigenvalue weighted by Crippen LogP contribution is -2.14. The number of nitrogens with one attached hydrogen (secondary N) is 1. The first-order valence-corrected chi connectivity index (χ1v) is 7.47. The van der Waals surface area contributed by atoms with Crippen molar-refractivity contribution >= 4 is 46.3 Å². The molecule has 1 aromatic rings. The van der Waals surface area contributed by atoms with Crippen LogP contribution in [0, 0.1) is 16.0 Å². The highest BCUT2D eigenvalue weighted by Crippen LogP contribution is 2.34. The highest BCUT2D eigenvalue weighted by atomic mass is 35.5. The monoisotopic (exact) mass is 308 g/mol. The van der Waals surface area contributed by atoms with Crippen molar-refractivity contribution in [3.63, 3.8) is 0 Å². The second-order valence-corrected chi connectivity index (χ2v) is 5.71. The van der Waals surface area contributed by atoms with E-state index in [1.165, 1.54) is 12.1 Å². The summed E-state index contributed by atoms with van der Waals surface area (Å²) in [4.78, 5) is 10.4. The maximum absolute atomic E-state index is 10.9. The van der Waals surface area contributed by atoms with E-state index in [2.05, 4.69) is 12.2 Å². The van der Waals surface area contributed by atoms with E-state index in [-0.39, 0.29) is 10.7 Å². The van der Waals surface area contributed by atoms with Crippen LogP contribution in [-0.4, -0.2) is 23.5 Å². The maximum Gasteiger partial charge on any atom is 0.293 e. The van der Waals surface area contributed by atoms with Gasteiger partial charge in [-0.2, -0.15) is 11.8 Å². The molecule has 1 atom stereocenters. The van der Waals surface area contributed by atoms with Gasteiger partial charge in [-0.05, 0) is 24.0 Å². The van der Waals surface area contributed by atoms with Gasteiger partial charge in [-0.25, -0.2) is 0 Å². The average Bonchev–Trinajstić information content (AvgIpc) is 2.30. The molecule has 1 N–H and O–H groups in total. The number of nitrogens with zero attached hydrogens (tertiary/aromatic N) is 1. The number of thioether (sulfide) groups is 1. The van der Waals surface area contributed by atoms with E-state index in [4.69, 9.17) is 23.2 Å². The minimum atomic E-state index is -0.468. The van der Waals surface area contributed by atoms with Crippen LogP contribution in [0.15, 0.2) is 12.1 Å². The van der Waals surface area contributed by atoms with Gasteiger partial charge in [-0.3, -0.25) is 10.1 Å². The number of nitro benzene ring substituents is 1. The molecule has 1 rings (SSSR count). The van der Waals surface area contributed by atoms with Gasteiger partial charge < -0.3 is 5.32 Å². The third-order valence-corrected chi connectivity index (χ3v) is 3.95. The lowest BCUT2D eigenvalue weighted by Gasteiger charge is -2.13. The van der Waals surface area contributed by atoms with Crippen molar-refractivity contribution in [1.82, 2.24) is 0 Å². The lowest BCUT2D eigenvalue weighted by molar-refractivity contribution is -0.383. The summed E-state index contributed by atoms with van der Waals surface area (Å²) in [6.07, 6.45) is 2.03. The molecular formula is C11H14Cl2N2O2S. The molecule has 7 heteroatoms. The van der Waals surface area contributed by atoms with Gasteiger partial charge >= 0.3 is 0 Å². The predicted octanol–water partition coefficient (Wildman–Crippen LogP) is 4.31. The zero-order chi connectivity index (χ0) is 13.7. The highest BCUT2D eigenvalue weighted by Gasteiger charge is 2.17. The van der Waals surface area contributed by atoms with E-state index in [1.54, 1.807) is 11.8 Å². The molecule has 0 saturated carbocycles. The zero-order valence-corrected chi connectivity index (χ0v) is 12.4. The number of anilines is 1. The highest BCUT2D eigenvalue weighted by molar-refractivity contribution is 7.98. The Morgan fingerprint density at radius 2 is 2.06 bits per heavy atom.